The third kappa shape index (κ3) is 3.22. The maximum atomic E-state index is 12.5. The van der Waals surface area contributed by atoms with Gasteiger partial charge in [0.05, 0.1) is 24.7 Å². The average molecular weight is 372 g/mol. The van der Waals surface area contributed by atoms with E-state index in [0.29, 0.717) is 35.5 Å². The highest BCUT2D eigenvalue weighted by atomic mass is 35.5. The van der Waals surface area contributed by atoms with Gasteiger partial charge in [0.15, 0.2) is 0 Å². The lowest BCUT2D eigenvalue weighted by atomic mass is 10.2. The maximum Gasteiger partial charge on any atom is 0.255 e. The van der Waals surface area contributed by atoms with Crippen molar-refractivity contribution in [3.8, 4) is 11.6 Å². The minimum absolute atomic E-state index is 0.137. The summed E-state index contributed by atoms with van der Waals surface area (Å²) in [5.41, 5.74) is 0.493. The lowest BCUT2D eigenvalue weighted by Crippen LogP contribution is -2.27. The van der Waals surface area contributed by atoms with E-state index in [9.17, 15) is 8.42 Å². The molecule has 130 valence electrons. The van der Waals surface area contributed by atoms with Crippen molar-refractivity contribution >= 4 is 21.6 Å². The molecule has 0 saturated carbocycles. The topological polar surface area (TPSA) is 82.5 Å². The molecule has 1 aliphatic heterocycles. The number of sulfonamides is 1. The molecule has 0 saturated heterocycles. The second-order valence-electron chi connectivity index (χ2n) is 5.45. The van der Waals surface area contributed by atoms with Gasteiger partial charge in [-0.1, -0.05) is 11.6 Å². The monoisotopic (exact) mass is 371 g/mol. The van der Waals surface area contributed by atoms with Crippen molar-refractivity contribution in [2.75, 3.05) is 13.7 Å². The number of fused-ring (bicyclic) bond motifs is 1. The van der Waals surface area contributed by atoms with Crippen molar-refractivity contribution in [3.05, 3.63) is 35.0 Å². The molecular formula is C15H18ClN3O4S. The van der Waals surface area contributed by atoms with E-state index in [2.05, 4.69) is 9.82 Å². The standard InChI is InChI=1S/C15H18ClN3O4S/c1-10(18-24(20,21)12-6-4-11(16)5-7-12)13-14(22-2)15-19(17-13)8-3-9-23-15/h4-7,10,18H,3,8-9H2,1-2H3. The van der Waals surface area contributed by atoms with Crippen LogP contribution in [-0.4, -0.2) is 31.9 Å². The van der Waals surface area contributed by atoms with Crippen molar-refractivity contribution in [2.45, 2.75) is 30.8 Å². The summed E-state index contributed by atoms with van der Waals surface area (Å²) in [5.74, 6) is 0.997. The highest BCUT2D eigenvalue weighted by molar-refractivity contribution is 7.89. The number of aryl methyl sites for hydroxylation is 1. The lowest BCUT2D eigenvalue weighted by molar-refractivity contribution is 0.219. The molecule has 0 bridgehead atoms. The average Bonchev–Trinajstić information content (AvgIpc) is 2.93. The fraction of sp³-hybridized carbons (Fsp3) is 0.400. The van der Waals surface area contributed by atoms with E-state index < -0.39 is 16.1 Å². The summed E-state index contributed by atoms with van der Waals surface area (Å²) in [7, 11) is -2.19. The Morgan fingerprint density at radius 2 is 2.08 bits per heavy atom. The van der Waals surface area contributed by atoms with Crippen LogP contribution in [-0.2, 0) is 16.6 Å². The Morgan fingerprint density at radius 3 is 2.75 bits per heavy atom. The molecule has 2 heterocycles. The van der Waals surface area contributed by atoms with Crippen LogP contribution in [0.1, 0.15) is 25.1 Å². The van der Waals surface area contributed by atoms with Gasteiger partial charge in [-0.15, -0.1) is 0 Å². The summed E-state index contributed by atoms with van der Waals surface area (Å²) < 4.78 is 40.3. The first kappa shape index (κ1) is 17.1. The quantitative estimate of drug-likeness (QED) is 0.872. The Labute approximate surface area is 145 Å². The van der Waals surface area contributed by atoms with E-state index in [1.807, 2.05) is 0 Å². The smallest absolute Gasteiger partial charge is 0.255 e. The number of methoxy groups -OCH3 is 1. The van der Waals surface area contributed by atoms with Crippen molar-refractivity contribution in [1.82, 2.24) is 14.5 Å². The molecule has 24 heavy (non-hydrogen) atoms. The first-order valence-electron chi connectivity index (χ1n) is 7.48. The molecule has 1 atom stereocenters. The third-order valence-corrected chi connectivity index (χ3v) is 5.52. The van der Waals surface area contributed by atoms with Crippen LogP contribution in [0.15, 0.2) is 29.2 Å². The van der Waals surface area contributed by atoms with E-state index in [0.717, 1.165) is 6.42 Å². The molecule has 7 nitrogen and oxygen atoms in total. The Hall–Kier alpha value is -1.77. The number of nitrogens with zero attached hydrogens (tertiary/aromatic N) is 2. The molecule has 0 spiro atoms. The Morgan fingerprint density at radius 1 is 1.38 bits per heavy atom. The van der Waals surface area contributed by atoms with Crippen molar-refractivity contribution in [2.24, 2.45) is 0 Å². The molecule has 1 unspecified atom stereocenters. The van der Waals surface area contributed by atoms with E-state index in [4.69, 9.17) is 21.1 Å². The highest BCUT2D eigenvalue weighted by Gasteiger charge is 2.28. The number of hydrogen-bond donors (Lipinski definition) is 1. The van der Waals surface area contributed by atoms with Crippen LogP contribution in [0.25, 0.3) is 0 Å². The van der Waals surface area contributed by atoms with Gasteiger partial charge in [0.25, 0.3) is 5.88 Å². The first-order valence-corrected chi connectivity index (χ1v) is 9.34. The van der Waals surface area contributed by atoms with Crippen molar-refractivity contribution < 1.29 is 17.9 Å². The van der Waals surface area contributed by atoms with Crippen LogP contribution >= 0.6 is 11.6 Å². The molecule has 1 aromatic carbocycles. The summed E-state index contributed by atoms with van der Waals surface area (Å²) in [6, 6.07) is 5.39. The van der Waals surface area contributed by atoms with Gasteiger partial charge in [0.1, 0.15) is 5.69 Å². The molecule has 1 aromatic heterocycles. The van der Waals surface area contributed by atoms with Crippen LogP contribution < -0.4 is 14.2 Å². The van der Waals surface area contributed by atoms with Gasteiger partial charge in [0, 0.05) is 18.0 Å². The normalized spacial score (nSPS) is 15.5. The lowest BCUT2D eigenvalue weighted by Gasteiger charge is -2.15. The minimum Gasteiger partial charge on any atom is -0.490 e. The molecular weight excluding hydrogens is 354 g/mol. The number of rotatable bonds is 5. The van der Waals surface area contributed by atoms with E-state index in [1.165, 1.54) is 31.4 Å². The Balaban J connectivity index is 1.88. The fourth-order valence-corrected chi connectivity index (χ4v) is 3.90. The molecule has 1 N–H and O–H groups in total. The number of nitrogens with one attached hydrogen (secondary N) is 1. The zero-order valence-corrected chi connectivity index (χ0v) is 14.9. The van der Waals surface area contributed by atoms with Gasteiger partial charge in [-0.2, -0.15) is 5.10 Å². The molecule has 0 radical (unpaired) electrons. The summed E-state index contributed by atoms with van der Waals surface area (Å²) in [5, 5.41) is 4.91. The summed E-state index contributed by atoms with van der Waals surface area (Å²) in [4.78, 5) is 0.137. The molecule has 0 fully saturated rings. The SMILES string of the molecule is COc1c(C(C)NS(=O)(=O)c2ccc(Cl)cc2)nn2c1OCCC2. The number of benzene rings is 1. The van der Waals surface area contributed by atoms with Gasteiger partial charge >= 0.3 is 0 Å². The van der Waals surface area contributed by atoms with Gasteiger partial charge in [-0.25, -0.2) is 17.8 Å². The first-order chi connectivity index (χ1) is 11.4. The predicted molar refractivity (Wildman–Crippen MR) is 89.1 cm³/mol. The highest BCUT2D eigenvalue weighted by Crippen LogP contribution is 2.37. The van der Waals surface area contributed by atoms with Crippen molar-refractivity contribution in [3.63, 3.8) is 0 Å². The number of aromatic nitrogens is 2. The van der Waals surface area contributed by atoms with Gasteiger partial charge < -0.3 is 9.47 Å². The Bertz CT molecular complexity index is 833. The fourth-order valence-electron chi connectivity index (χ4n) is 2.57. The molecule has 0 aliphatic carbocycles. The van der Waals surface area contributed by atoms with Crippen molar-refractivity contribution in [1.29, 1.82) is 0 Å². The van der Waals surface area contributed by atoms with Crippen LogP contribution in [0.5, 0.6) is 11.6 Å². The zero-order chi connectivity index (χ0) is 17.3. The summed E-state index contributed by atoms with van der Waals surface area (Å²) in [6.45, 7) is 3.01. The predicted octanol–water partition coefficient (Wildman–Crippen LogP) is 2.37. The van der Waals surface area contributed by atoms with Crippen LogP contribution in [0, 0.1) is 0 Å². The van der Waals surface area contributed by atoms with E-state index in [1.54, 1.807) is 11.6 Å². The molecule has 3 rings (SSSR count). The second kappa shape index (κ2) is 6.62. The molecule has 0 amide bonds. The molecule has 9 heteroatoms. The van der Waals surface area contributed by atoms with Crippen LogP contribution in [0.2, 0.25) is 5.02 Å². The van der Waals surface area contributed by atoms with Gasteiger partial charge in [0.2, 0.25) is 15.8 Å². The van der Waals surface area contributed by atoms with E-state index >= 15 is 0 Å². The third-order valence-electron chi connectivity index (χ3n) is 3.71. The number of ether oxygens (including phenoxy) is 2. The Kier molecular flexibility index (Phi) is 4.71. The second-order valence-corrected chi connectivity index (χ2v) is 7.60. The molecule has 2 aromatic rings. The summed E-state index contributed by atoms with van der Waals surface area (Å²) >= 11 is 5.80. The van der Waals surface area contributed by atoms with Gasteiger partial charge in [-0.3, -0.25) is 0 Å². The zero-order valence-electron chi connectivity index (χ0n) is 13.3. The minimum atomic E-state index is -3.71. The van der Waals surface area contributed by atoms with Crippen LogP contribution in [0.4, 0.5) is 0 Å². The molecule has 1 aliphatic rings. The number of hydrogen-bond acceptors (Lipinski definition) is 5. The number of halogens is 1. The maximum absolute atomic E-state index is 12.5. The summed E-state index contributed by atoms with van der Waals surface area (Å²) in [6.07, 6.45) is 0.849. The van der Waals surface area contributed by atoms with Gasteiger partial charge in [-0.05, 0) is 31.2 Å². The van der Waals surface area contributed by atoms with E-state index in [-0.39, 0.29) is 4.90 Å². The van der Waals surface area contributed by atoms with Crippen LogP contribution in [0.3, 0.4) is 0 Å². The largest absolute Gasteiger partial charge is 0.490 e.